The van der Waals surface area contributed by atoms with E-state index >= 15 is 0 Å². The zero-order valence-electron chi connectivity index (χ0n) is 8.14. The van der Waals surface area contributed by atoms with Crippen LogP contribution in [0.15, 0.2) is 0 Å². The lowest BCUT2D eigenvalue weighted by Crippen LogP contribution is -2.49. The molecule has 1 fully saturated rings. The first kappa shape index (κ1) is 11.4. The van der Waals surface area contributed by atoms with E-state index in [1.807, 2.05) is 7.05 Å². The highest BCUT2D eigenvalue weighted by Crippen LogP contribution is 2.00. The van der Waals surface area contributed by atoms with Gasteiger partial charge in [0.1, 0.15) is 5.75 Å². The normalized spacial score (nSPS) is 19.7. The van der Waals surface area contributed by atoms with Gasteiger partial charge in [-0.2, -0.15) is 0 Å². The van der Waals surface area contributed by atoms with E-state index in [1.54, 1.807) is 0 Å². The highest BCUT2D eigenvalue weighted by molar-refractivity contribution is 7.89. The highest BCUT2D eigenvalue weighted by Gasteiger charge is 2.21. The van der Waals surface area contributed by atoms with Crippen molar-refractivity contribution in [2.75, 3.05) is 39.0 Å². The molecule has 0 spiro atoms. The molecule has 14 heavy (non-hydrogen) atoms. The molecule has 0 saturated carbocycles. The molecule has 1 aliphatic rings. The Morgan fingerprint density at radius 3 is 2.21 bits per heavy atom. The van der Waals surface area contributed by atoms with Crippen molar-refractivity contribution in [3.8, 4) is 0 Å². The summed E-state index contributed by atoms with van der Waals surface area (Å²) in [4.78, 5) is 15.0. The molecule has 1 amide bonds. The predicted octanol–water partition coefficient (Wildman–Crippen LogP) is -1.95. The Morgan fingerprint density at radius 2 is 1.79 bits per heavy atom. The standard InChI is InChI=1S/C7H15N3O3S/c1-9-2-4-10(5-3-9)7(11)6-14(8,12)13/h2-6H2,1H3,(H2,8,12,13). The summed E-state index contributed by atoms with van der Waals surface area (Å²) in [6.07, 6.45) is 0. The predicted molar refractivity (Wildman–Crippen MR) is 52.1 cm³/mol. The maximum atomic E-state index is 11.4. The SMILES string of the molecule is CN1CCN(C(=O)CS(N)(=O)=O)CC1. The second kappa shape index (κ2) is 4.24. The van der Waals surface area contributed by atoms with Gasteiger partial charge in [0.05, 0.1) is 0 Å². The van der Waals surface area contributed by atoms with Crippen molar-refractivity contribution >= 4 is 15.9 Å². The molecule has 0 radical (unpaired) electrons. The first-order valence-electron chi connectivity index (χ1n) is 4.35. The monoisotopic (exact) mass is 221 g/mol. The van der Waals surface area contributed by atoms with Crippen molar-refractivity contribution in [2.24, 2.45) is 5.14 Å². The summed E-state index contributed by atoms with van der Waals surface area (Å²) in [5.74, 6) is -0.989. The summed E-state index contributed by atoms with van der Waals surface area (Å²) in [6, 6.07) is 0. The van der Waals surface area contributed by atoms with Gasteiger partial charge in [-0.15, -0.1) is 0 Å². The van der Waals surface area contributed by atoms with Crippen LogP contribution in [0.1, 0.15) is 0 Å². The number of carbonyl (C=O) groups is 1. The third-order valence-corrected chi connectivity index (χ3v) is 2.83. The lowest BCUT2D eigenvalue weighted by molar-refractivity contribution is -0.129. The Hall–Kier alpha value is -0.660. The molecule has 1 aliphatic heterocycles. The van der Waals surface area contributed by atoms with Crippen LogP contribution < -0.4 is 5.14 Å². The molecule has 0 aliphatic carbocycles. The van der Waals surface area contributed by atoms with Crippen LogP contribution in [-0.2, 0) is 14.8 Å². The number of nitrogens with two attached hydrogens (primary N) is 1. The third kappa shape index (κ3) is 3.60. The van der Waals surface area contributed by atoms with Crippen LogP contribution in [-0.4, -0.2) is 63.1 Å². The lowest BCUT2D eigenvalue weighted by atomic mass is 10.3. The first-order valence-corrected chi connectivity index (χ1v) is 6.07. The van der Waals surface area contributed by atoms with Gasteiger partial charge in [-0.25, -0.2) is 13.6 Å². The molecule has 0 aromatic heterocycles. The van der Waals surface area contributed by atoms with Gasteiger partial charge in [0.25, 0.3) is 0 Å². The van der Waals surface area contributed by atoms with Gasteiger partial charge >= 0.3 is 0 Å². The largest absolute Gasteiger partial charge is 0.339 e. The summed E-state index contributed by atoms with van der Waals surface area (Å²) in [5.41, 5.74) is 0. The van der Waals surface area contributed by atoms with Gasteiger partial charge < -0.3 is 9.80 Å². The van der Waals surface area contributed by atoms with Gasteiger partial charge in [0, 0.05) is 26.2 Å². The van der Waals surface area contributed by atoms with Gasteiger partial charge in [-0.3, -0.25) is 4.79 Å². The molecular formula is C7H15N3O3S. The maximum absolute atomic E-state index is 11.4. The van der Waals surface area contributed by atoms with Crippen molar-refractivity contribution in [2.45, 2.75) is 0 Å². The molecule has 0 aromatic rings. The van der Waals surface area contributed by atoms with Crippen LogP contribution in [0.2, 0.25) is 0 Å². The fourth-order valence-electron chi connectivity index (χ4n) is 1.32. The van der Waals surface area contributed by atoms with E-state index in [-0.39, 0.29) is 0 Å². The van der Waals surface area contributed by atoms with Crippen LogP contribution >= 0.6 is 0 Å². The number of amides is 1. The summed E-state index contributed by atoms with van der Waals surface area (Å²) in [6.45, 7) is 2.70. The number of rotatable bonds is 2. The fourth-order valence-corrected chi connectivity index (χ4v) is 1.85. The van der Waals surface area contributed by atoms with Crippen molar-refractivity contribution in [3.63, 3.8) is 0 Å². The summed E-state index contributed by atoms with van der Waals surface area (Å²) >= 11 is 0. The molecule has 1 saturated heterocycles. The van der Waals surface area contributed by atoms with Crippen LogP contribution in [0, 0.1) is 0 Å². The van der Waals surface area contributed by atoms with Gasteiger partial charge in [-0.1, -0.05) is 0 Å². The third-order valence-electron chi connectivity index (χ3n) is 2.18. The highest BCUT2D eigenvalue weighted by atomic mass is 32.2. The minimum atomic E-state index is -3.69. The Balaban J connectivity index is 2.46. The Morgan fingerprint density at radius 1 is 1.29 bits per heavy atom. The van der Waals surface area contributed by atoms with E-state index in [9.17, 15) is 13.2 Å². The van der Waals surface area contributed by atoms with Gasteiger partial charge in [-0.05, 0) is 7.05 Å². The van der Waals surface area contributed by atoms with E-state index in [4.69, 9.17) is 5.14 Å². The van der Waals surface area contributed by atoms with Crippen LogP contribution in [0.25, 0.3) is 0 Å². The number of sulfonamides is 1. The average molecular weight is 221 g/mol. The molecule has 1 rings (SSSR count). The zero-order chi connectivity index (χ0) is 10.8. The van der Waals surface area contributed by atoms with Crippen LogP contribution in [0.3, 0.4) is 0 Å². The van der Waals surface area contributed by atoms with E-state index in [1.165, 1.54) is 4.90 Å². The Bertz CT molecular complexity index is 306. The number of primary sulfonamides is 1. The minimum absolute atomic E-state index is 0.402. The van der Waals surface area contributed by atoms with Gasteiger partial charge in [0.15, 0.2) is 0 Å². The van der Waals surface area contributed by atoms with Crippen molar-refractivity contribution in [1.29, 1.82) is 0 Å². The fraction of sp³-hybridized carbons (Fsp3) is 0.857. The summed E-state index contributed by atoms with van der Waals surface area (Å²) in [5, 5.41) is 4.78. The molecule has 0 aromatic carbocycles. The zero-order valence-corrected chi connectivity index (χ0v) is 8.96. The quantitative estimate of drug-likeness (QED) is 0.587. The van der Waals surface area contributed by atoms with E-state index in [0.717, 1.165) is 13.1 Å². The number of nitrogens with zero attached hydrogens (tertiary/aromatic N) is 2. The lowest BCUT2D eigenvalue weighted by Gasteiger charge is -2.32. The molecule has 82 valence electrons. The molecule has 0 atom stereocenters. The molecule has 1 heterocycles. The molecule has 0 unspecified atom stereocenters. The second-order valence-corrected chi connectivity index (χ2v) is 5.11. The molecule has 0 bridgehead atoms. The Kier molecular flexibility index (Phi) is 3.46. The van der Waals surface area contributed by atoms with Crippen molar-refractivity contribution < 1.29 is 13.2 Å². The topological polar surface area (TPSA) is 83.7 Å². The molecular weight excluding hydrogens is 206 g/mol. The molecule has 7 heteroatoms. The summed E-state index contributed by atoms with van der Waals surface area (Å²) < 4.78 is 21.3. The van der Waals surface area contributed by atoms with Crippen molar-refractivity contribution in [1.82, 2.24) is 9.80 Å². The van der Waals surface area contributed by atoms with E-state index in [0.29, 0.717) is 13.1 Å². The first-order chi connectivity index (χ1) is 6.38. The maximum Gasteiger partial charge on any atom is 0.239 e. The number of hydrogen-bond acceptors (Lipinski definition) is 4. The average Bonchev–Trinajstić information content (AvgIpc) is 2.02. The Labute approximate surface area is 83.7 Å². The van der Waals surface area contributed by atoms with E-state index in [2.05, 4.69) is 4.90 Å². The van der Waals surface area contributed by atoms with Crippen LogP contribution in [0.5, 0.6) is 0 Å². The minimum Gasteiger partial charge on any atom is -0.339 e. The number of piperazine rings is 1. The number of hydrogen-bond donors (Lipinski definition) is 1. The van der Waals surface area contributed by atoms with Crippen LogP contribution in [0.4, 0.5) is 0 Å². The number of carbonyl (C=O) groups excluding carboxylic acids is 1. The smallest absolute Gasteiger partial charge is 0.239 e. The summed E-state index contributed by atoms with van der Waals surface area (Å²) in [7, 11) is -1.73. The second-order valence-electron chi connectivity index (χ2n) is 3.49. The van der Waals surface area contributed by atoms with Crippen molar-refractivity contribution in [3.05, 3.63) is 0 Å². The van der Waals surface area contributed by atoms with Gasteiger partial charge in [0.2, 0.25) is 15.9 Å². The van der Waals surface area contributed by atoms with E-state index < -0.39 is 21.7 Å². The molecule has 6 nitrogen and oxygen atoms in total. The molecule has 2 N–H and O–H groups in total. The number of likely N-dealkylation sites (N-methyl/N-ethyl adjacent to an activating group) is 1.